The minimum Gasteiger partial charge on any atom is -0.481 e. The highest BCUT2D eigenvalue weighted by Gasteiger charge is 2.32. The average Bonchev–Trinajstić information content (AvgIpc) is 3.62. The van der Waals surface area contributed by atoms with Crippen molar-refractivity contribution >= 4 is 17.2 Å². The quantitative estimate of drug-likeness (QED) is 0.615. The smallest absolute Gasteiger partial charge is 0.422 e. The van der Waals surface area contributed by atoms with Crippen LogP contribution in [0.1, 0.15) is 53.7 Å². The molecular weight excluding hydrogens is 427 g/mol. The summed E-state index contributed by atoms with van der Waals surface area (Å²) in [6.07, 6.45) is 1.96. The summed E-state index contributed by atoms with van der Waals surface area (Å²) in [6, 6.07) is 3.55. The molecule has 0 bridgehead atoms. The number of hydrogen-bond acceptors (Lipinski definition) is 7. The standard InChI is InChI=1S/C22H22F3N3O4/c1-13-11-30-7-4-16(13)17-8-15(14-2-3-14)9-18(20(17)31-12-22(23,24)25)28-32-21(29)19-10-26-5-6-27-19/h5-6,8-10,14,28H,2-4,7,11-12H2,1H3. The Morgan fingerprint density at radius 1 is 1.28 bits per heavy atom. The number of rotatable bonds is 7. The molecule has 170 valence electrons. The third-order valence-electron chi connectivity index (χ3n) is 5.22. The van der Waals surface area contributed by atoms with Gasteiger partial charge in [0.25, 0.3) is 0 Å². The van der Waals surface area contributed by atoms with Gasteiger partial charge in [0.2, 0.25) is 0 Å². The Balaban J connectivity index is 1.71. The Labute approximate surface area is 182 Å². The molecule has 0 spiro atoms. The number of aromatic nitrogens is 2. The molecule has 32 heavy (non-hydrogen) atoms. The summed E-state index contributed by atoms with van der Waals surface area (Å²) < 4.78 is 49.7. The number of ether oxygens (including phenoxy) is 2. The van der Waals surface area contributed by atoms with E-state index >= 15 is 0 Å². The van der Waals surface area contributed by atoms with Crippen molar-refractivity contribution < 1.29 is 32.3 Å². The summed E-state index contributed by atoms with van der Waals surface area (Å²) in [5.74, 6) is -0.531. The lowest BCUT2D eigenvalue weighted by Gasteiger charge is -2.24. The van der Waals surface area contributed by atoms with Crippen molar-refractivity contribution in [2.45, 2.75) is 38.3 Å². The van der Waals surface area contributed by atoms with E-state index in [0.29, 0.717) is 31.1 Å². The number of carbonyl (C=O) groups excluding carboxylic acids is 1. The first-order chi connectivity index (χ1) is 15.3. The Bertz CT molecular complexity index is 1020. The molecule has 2 aliphatic rings. The molecule has 2 heterocycles. The zero-order valence-corrected chi connectivity index (χ0v) is 17.4. The summed E-state index contributed by atoms with van der Waals surface area (Å²) in [4.78, 5) is 25.1. The van der Waals surface area contributed by atoms with E-state index in [1.807, 2.05) is 13.0 Å². The second-order valence-corrected chi connectivity index (χ2v) is 7.77. The van der Waals surface area contributed by atoms with Crippen LogP contribution in [0.5, 0.6) is 5.75 Å². The van der Waals surface area contributed by atoms with Crippen molar-refractivity contribution in [2.24, 2.45) is 0 Å². The van der Waals surface area contributed by atoms with Crippen LogP contribution in [0.3, 0.4) is 0 Å². The van der Waals surface area contributed by atoms with Crippen LogP contribution < -0.4 is 10.2 Å². The maximum Gasteiger partial charge on any atom is 0.422 e. The van der Waals surface area contributed by atoms with Gasteiger partial charge in [0.1, 0.15) is 5.69 Å². The van der Waals surface area contributed by atoms with E-state index in [1.54, 1.807) is 6.07 Å². The van der Waals surface area contributed by atoms with Crippen LogP contribution in [0.4, 0.5) is 18.9 Å². The number of nitrogens with one attached hydrogen (secondary N) is 1. The third kappa shape index (κ3) is 5.37. The topological polar surface area (TPSA) is 82.6 Å². The van der Waals surface area contributed by atoms with Crippen LogP contribution in [0, 0.1) is 0 Å². The van der Waals surface area contributed by atoms with Gasteiger partial charge in [0.05, 0.1) is 19.4 Å². The predicted molar refractivity (Wildman–Crippen MR) is 109 cm³/mol. The molecule has 1 aromatic carbocycles. The minimum absolute atomic E-state index is 0.0186. The molecule has 0 amide bonds. The molecule has 0 saturated heterocycles. The van der Waals surface area contributed by atoms with Gasteiger partial charge < -0.3 is 14.3 Å². The summed E-state index contributed by atoms with van der Waals surface area (Å²) in [6.45, 7) is 1.26. The first kappa shape index (κ1) is 22.1. The summed E-state index contributed by atoms with van der Waals surface area (Å²) in [7, 11) is 0. The maximum absolute atomic E-state index is 13.0. The predicted octanol–water partition coefficient (Wildman–Crippen LogP) is 4.67. The van der Waals surface area contributed by atoms with E-state index in [2.05, 4.69) is 15.4 Å². The molecule has 1 N–H and O–H groups in total. The fourth-order valence-electron chi connectivity index (χ4n) is 3.54. The van der Waals surface area contributed by atoms with Gasteiger partial charge in [-0.2, -0.15) is 13.2 Å². The fraction of sp³-hybridized carbons (Fsp3) is 0.409. The number of carbonyl (C=O) groups is 1. The number of halogens is 3. The molecular formula is C22H22F3N3O4. The monoisotopic (exact) mass is 449 g/mol. The van der Waals surface area contributed by atoms with Gasteiger partial charge in [0, 0.05) is 18.0 Å². The Kier molecular flexibility index (Phi) is 6.31. The normalized spacial score (nSPS) is 16.6. The second kappa shape index (κ2) is 9.15. The number of benzene rings is 1. The van der Waals surface area contributed by atoms with E-state index < -0.39 is 18.8 Å². The van der Waals surface area contributed by atoms with Crippen LogP contribution in [0.25, 0.3) is 5.57 Å². The van der Waals surface area contributed by atoms with Gasteiger partial charge in [-0.1, -0.05) is 0 Å². The summed E-state index contributed by atoms with van der Waals surface area (Å²) in [5, 5.41) is 0. The molecule has 1 aromatic heterocycles. The molecule has 0 atom stereocenters. The van der Waals surface area contributed by atoms with Crippen molar-refractivity contribution in [3.63, 3.8) is 0 Å². The Hall–Kier alpha value is -3.14. The average molecular weight is 449 g/mol. The van der Waals surface area contributed by atoms with Gasteiger partial charge in [-0.25, -0.2) is 15.3 Å². The molecule has 1 saturated carbocycles. The van der Waals surface area contributed by atoms with Gasteiger partial charge in [0.15, 0.2) is 18.1 Å². The first-order valence-corrected chi connectivity index (χ1v) is 10.2. The van der Waals surface area contributed by atoms with E-state index in [1.165, 1.54) is 18.6 Å². The first-order valence-electron chi connectivity index (χ1n) is 10.2. The lowest BCUT2D eigenvalue weighted by atomic mass is 9.92. The van der Waals surface area contributed by atoms with Gasteiger partial charge in [-0.3, -0.25) is 4.98 Å². The highest BCUT2D eigenvalue weighted by molar-refractivity contribution is 5.88. The molecule has 4 rings (SSSR count). The van der Waals surface area contributed by atoms with Crippen LogP contribution in [-0.2, 0) is 9.57 Å². The SMILES string of the molecule is CC1=C(c2cc(C3CC3)cc(NOC(=O)c3cnccn3)c2OCC(F)(F)F)CCOC1. The Morgan fingerprint density at radius 2 is 2.09 bits per heavy atom. The van der Waals surface area contributed by atoms with Gasteiger partial charge in [-0.15, -0.1) is 0 Å². The molecule has 0 radical (unpaired) electrons. The van der Waals surface area contributed by atoms with Crippen LogP contribution >= 0.6 is 0 Å². The zero-order valence-electron chi connectivity index (χ0n) is 17.4. The van der Waals surface area contributed by atoms with Crippen molar-refractivity contribution in [1.82, 2.24) is 9.97 Å². The molecule has 7 nitrogen and oxygen atoms in total. The minimum atomic E-state index is -4.53. The zero-order chi connectivity index (χ0) is 22.7. The van der Waals surface area contributed by atoms with Crippen LogP contribution in [-0.4, -0.2) is 41.9 Å². The Morgan fingerprint density at radius 3 is 2.75 bits per heavy atom. The fourth-order valence-corrected chi connectivity index (χ4v) is 3.54. The van der Waals surface area contributed by atoms with Crippen molar-refractivity contribution in [2.75, 3.05) is 25.3 Å². The third-order valence-corrected chi connectivity index (χ3v) is 5.22. The highest BCUT2D eigenvalue weighted by Crippen LogP contribution is 2.46. The van der Waals surface area contributed by atoms with Gasteiger partial charge in [-0.05, 0) is 60.9 Å². The molecule has 0 unspecified atom stereocenters. The molecule has 1 fully saturated rings. The van der Waals surface area contributed by atoms with Gasteiger partial charge >= 0.3 is 12.1 Å². The van der Waals surface area contributed by atoms with E-state index in [0.717, 1.165) is 29.6 Å². The second-order valence-electron chi connectivity index (χ2n) is 7.77. The lowest BCUT2D eigenvalue weighted by molar-refractivity contribution is -0.153. The van der Waals surface area contributed by atoms with E-state index in [-0.39, 0.29) is 17.1 Å². The van der Waals surface area contributed by atoms with Crippen molar-refractivity contribution in [3.05, 3.63) is 53.1 Å². The number of nitrogens with zero attached hydrogens (tertiary/aromatic N) is 2. The largest absolute Gasteiger partial charge is 0.481 e. The molecule has 2 aromatic rings. The molecule has 10 heteroatoms. The molecule has 1 aliphatic carbocycles. The van der Waals surface area contributed by atoms with E-state index in [9.17, 15) is 18.0 Å². The summed E-state index contributed by atoms with van der Waals surface area (Å²) in [5.41, 5.74) is 5.91. The number of hydrogen-bond donors (Lipinski definition) is 1. The maximum atomic E-state index is 13.0. The summed E-state index contributed by atoms with van der Waals surface area (Å²) >= 11 is 0. The highest BCUT2D eigenvalue weighted by atomic mass is 19.4. The van der Waals surface area contributed by atoms with Crippen LogP contribution in [0.2, 0.25) is 0 Å². The van der Waals surface area contributed by atoms with Crippen molar-refractivity contribution in [3.8, 4) is 5.75 Å². The number of anilines is 1. The van der Waals surface area contributed by atoms with Crippen LogP contribution in [0.15, 0.2) is 36.3 Å². The van der Waals surface area contributed by atoms with E-state index in [4.69, 9.17) is 14.3 Å². The molecule has 1 aliphatic heterocycles. The number of alkyl halides is 3. The van der Waals surface area contributed by atoms with Crippen molar-refractivity contribution in [1.29, 1.82) is 0 Å². The lowest BCUT2D eigenvalue weighted by Crippen LogP contribution is -2.21.